The molecule has 2 N–H and O–H groups in total. The minimum absolute atomic E-state index is 0.0369. The second-order valence-electron chi connectivity index (χ2n) is 6.29. The Bertz CT molecular complexity index is 573. The van der Waals surface area contributed by atoms with E-state index in [0.29, 0.717) is 30.0 Å². The maximum absolute atomic E-state index is 13.8. The van der Waals surface area contributed by atoms with Gasteiger partial charge in [-0.1, -0.05) is 36.9 Å². The quantitative estimate of drug-likeness (QED) is 0.620. The van der Waals surface area contributed by atoms with Crippen LogP contribution in [0, 0.1) is 11.7 Å². The number of carboxylic acids is 1. The second kappa shape index (κ2) is 9.02. The van der Waals surface area contributed by atoms with Crippen LogP contribution in [0.3, 0.4) is 0 Å². The summed E-state index contributed by atoms with van der Waals surface area (Å²) in [7, 11) is 0. The molecule has 0 heterocycles. The molecule has 1 saturated carbocycles. The Morgan fingerprint density at radius 3 is 2.62 bits per heavy atom. The molecule has 24 heavy (non-hydrogen) atoms. The topological polar surface area (TPSA) is 66.4 Å². The number of nitrogens with one attached hydrogen (secondary N) is 1. The summed E-state index contributed by atoms with van der Waals surface area (Å²) in [5.41, 5.74) is 0.456. The van der Waals surface area contributed by atoms with Crippen molar-refractivity contribution < 1.29 is 19.1 Å². The SMILES string of the molecule is O=C(O)CCCCCCCNC(=O)C1CC1c1c(F)cccc1Cl. The van der Waals surface area contributed by atoms with Gasteiger partial charge in [0, 0.05) is 35.4 Å². The van der Waals surface area contributed by atoms with E-state index in [1.807, 2.05) is 0 Å². The lowest BCUT2D eigenvalue weighted by Gasteiger charge is -2.07. The molecular formula is C18H23ClFNO3. The number of unbranched alkanes of at least 4 members (excludes halogenated alkanes) is 4. The van der Waals surface area contributed by atoms with Crippen LogP contribution in [0.1, 0.15) is 56.4 Å². The average molecular weight is 356 g/mol. The van der Waals surface area contributed by atoms with E-state index in [1.165, 1.54) is 6.07 Å². The van der Waals surface area contributed by atoms with Gasteiger partial charge in [0.15, 0.2) is 0 Å². The van der Waals surface area contributed by atoms with Gasteiger partial charge < -0.3 is 10.4 Å². The first-order chi connectivity index (χ1) is 11.5. The Morgan fingerprint density at radius 2 is 1.92 bits per heavy atom. The third-order valence-electron chi connectivity index (χ3n) is 4.36. The molecule has 2 atom stereocenters. The number of hydrogen-bond donors (Lipinski definition) is 2. The molecule has 6 heteroatoms. The predicted octanol–water partition coefficient (Wildman–Crippen LogP) is 4.12. The molecule has 4 nitrogen and oxygen atoms in total. The molecule has 132 valence electrons. The highest BCUT2D eigenvalue weighted by Crippen LogP contribution is 2.50. The maximum atomic E-state index is 13.8. The van der Waals surface area contributed by atoms with Crippen molar-refractivity contribution in [3.8, 4) is 0 Å². The molecule has 1 aromatic carbocycles. The van der Waals surface area contributed by atoms with Crippen LogP contribution in [-0.2, 0) is 9.59 Å². The van der Waals surface area contributed by atoms with Crippen LogP contribution in [0.2, 0.25) is 5.02 Å². The smallest absolute Gasteiger partial charge is 0.303 e. The lowest BCUT2D eigenvalue weighted by atomic mass is 10.1. The summed E-state index contributed by atoms with van der Waals surface area (Å²) in [5.74, 6) is -1.43. The zero-order valence-electron chi connectivity index (χ0n) is 13.6. The summed E-state index contributed by atoms with van der Waals surface area (Å²) >= 11 is 6.03. The number of hydrogen-bond acceptors (Lipinski definition) is 2. The summed E-state index contributed by atoms with van der Waals surface area (Å²) in [4.78, 5) is 22.5. The molecule has 2 unspecified atom stereocenters. The summed E-state index contributed by atoms with van der Waals surface area (Å²) in [6, 6.07) is 4.59. The van der Waals surface area contributed by atoms with Crippen LogP contribution in [0.25, 0.3) is 0 Å². The highest BCUT2D eigenvalue weighted by Gasteiger charge is 2.45. The minimum Gasteiger partial charge on any atom is -0.481 e. The molecule has 1 aromatic rings. The lowest BCUT2D eigenvalue weighted by molar-refractivity contribution is -0.137. The van der Waals surface area contributed by atoms with Gasteiger partial charge in [-0.25, -0.2) is 4.39 Å². The van der Waals surface area contributed by atoms with Crippen LogP contribution in [-0.4, -0.2) is 23.5 Å². The maximum Gasteiger partial charge on any atom is 0.303 e. The van der Waals surface area contributed by atoms with E-state index in [-0.39, 0.29) is 30.0 Å². The lowest BCUT2D eigenvalue weighted by Crippen LogP contribution is -2.26. The normalized spacial score (nSPS) is 19.1. The fourth-order valence-electron chi connectivity index (χ4n) is 2.94. The number of carbonyl (C=O) groups excluding carboxylic acids is 1. The summed E-state index contributed by atoms with van der Waals surface area (Å²) in [5, 5.41) is 11.8. The van der Waals surface area contributed by atoms with E-state index in [1.54, 1.807) is 12.1 Å². The van der Waals surface area contributed by atoms with E-state index in [9.17, 15) is 14.0 Å². The Hall–Kier alpha value is -1.62. The third kappa shape index (κ3) is 5.48. The van der Waals surface area contributed by atoms with E-state index in [4.69, 9.17) is 16.7 Å². The summed E-state index contributed by atoms with van der Waals surface area (Å²) < 4.78 is 13.8. The Kier molecular flexibility index (Phi) is 7.03. The molecule has 1 fully saturated rings. The summed E-state index contributed by atoms with van der Waals surface area (Å²) in [6.45, 7) is 0.603. The molecule has 0 saturated heterocycles. The monoisotopic (exact) mass is 355 g/mol. The molecule has 0 spiro atoms. The van der Waals surface area contributed by atoms with Gasteiger partial charge in [-0.05, 0) is 31.4 Å². The fraction of sp³-hybridized carbons (Fsp3) is 0.556. The van der Waals surface area contributed by atoms with E-state index in [0.717, 1.165) is 25.7 Å². The first-order valence-electron chi connectivity index (χ1n) is 8.44. The zero-order chi connectivity index (χ0) is 17.5. The molecule has 2 rings (SSSR count). The predicted molar refractivity (Wildman–Crippen MR) is 90.6 cm³/mol. The van der Waals surface area contributed by atoms with Crippen LogP contribution in [0.15, 0.2) is 18.2 Å². The second-order valence-corrected chi connectivity index (χ2v) is 6.69. The number of carbonyl (C=O) groups is 2. The van der Waals surface area contributed by atoms with E-state index in [2.05, 4.69) is 5.32 Å². The molecule has 1 amide bonds. The Labute approximate surface area is 146 Å². The number of halogens is 2. The average Bonchev–Trinajstić information content (AvgIpc) is 3.29. The fourth-order valence-corrected chi connectivity index (χ4v) is 3.25. The molecular weight excluding hydrogens is 333 g/mol. The van der Waals surface area contributed by atoms with Gasteiger partial charge in [-0.2, -0.15) is 0 Å². The largest absolute Gasteiger partial charge is 0.481 e. The van der Waals surface area contributed by atoms with Crippen LogP contribution in [0.4, 0.5) is 4.39 Å². The minimum atomic E-state index is -0.754. The van der Waals surface area contributed by atoms with Gasteiger partial charge in [0.25, 0.3) is 0 Å². The molecule has 0 bridgehead atoms. The van der Waals surface area contributed by atoms with Crippen LogP contribution in [0.5, 0.6) is 0 Å². The standard InChI is InChI=1S/C18H23ClFNO3/c19-14-7-6-8-15(20)17(14)12-11-13(12)18(24)21-10-5-3-1-2-4-9-16(22)23/h6-8,12-13H,1-5,9-11H2,(H,21,24)(H,22,23). The molecule has 1 aliphatic rings. The first kappa shape index (κ1) is 18.7. The molecule has 1 aliphatic carbocycles. The van der Waals surface area contributed by atoms with Crippen molar-refractivity contribution in [1.29, 1.82) is 0 Å². The Balaban J connectivity index is 1.61. The van der Waals surface area contributed by atoms with E-state index >= 15 is 0 Å². The molecule has 0 aliphatic heterocycles. The molecule has 0 aromatic heterocycles. The zero-order valence-corrected chi connectivity index (χ0v) is 14.3. The van der Waals surface area contributed by atoms with Gasteiger partial charge in [0.2, 0.25) is 5.91 Å². The number of rotatable bonds is 10. The number of benzene rings is 1. The van der Waals surface area contributed by atoms with Crippen LogP contribution < -0.4 is 5.32 Å². The van der Waals surface area contributed by atoms with Crippen molar-refractivity contribution in [3.05, 3.63) is 34.6 Å². The van der Waals surface area contributed by atoms with Gasteiger partial charge in [0.1, 0.15) is 5.82 Å². The van der Waals surface area contributed by atoms with Gasteiger partial charge in [-0.15, -0.1) is 0 Å². The van der Waals surface area contributed by atoms with Gasteiger partial charge >= 0.3 is 5.97 Å². The molecule has 0 radical (unpaired) electrons. The summed E-state index contributed by atoms with van der Waals surface area (Å²) in [6.07, 6.45) is 5.27. The van der Waals surface area contributed by atoms with Crippen molar-refractivity contribution in [2.75, 3.05) is 6.54 Å². The van der Waals surface area contributed by atoms with Crippen molar-refractivity contribution in [1.82, 2.24) is 5.32 Å². The van der Waals surface area contributed by atoms with E-state index < -0.39 is 5.97 Å². The van der Waals surface area contributed by atoms with Crippen molar-refractivity contribution >= 4 is 23.5 Å². The number of aliphatic carboxylic acids is 1. The van der Waals surface area contributed by atoms with Gasteiger partial charge in [-0.3, -0.25) is 9.59 Å². The van der Waals surface area contributed by atoms with Crippen LogP contribution >= 0.6 is 11.6 Å². The third-order valence-corrected chi connectivity index (χ3v) is 4.69. The first-order valence-corrected chi connectivity index (χ1v) is 8.82. The highest BCUT2D eigenvalue weighted by atomic mass is 35.5. The number of amides is 1. The Morgan fingerprint density at radius 1 is 1.21 bits per heavy atom. The van der Waals surface area contributed by atoms with Crippen molar-refractivity contribution in [2.45, 2.75) is 50.9 Å². The van der Waals surface area contributed by atoms with Crippen molar-refractivity contribution in [3.63, 3.8) is 0 Å². The highest BCUT2D eigenvalue weighted by molar-refractivity contribution is 6.31. The van der Waals surface area contributed by atoms with Crippen molar-refractivity contribution in [2.24, 2.45) is 5.92 Å². The van der Waals surface area contributed by atoms with Gasteiger partial charge in [0.05, 0.1) is 0 Å². The number of carboxylic acid groups (broad SMARTS) is 1.